The van der Waals surface area contributed by atoms with Crippen molar-refractivity contribution in [2.24, 2.45) is 5.73 Å². The number of carbonyl (C=O) groups excluding carboxylic acids is 2. The molecule has 0 radical (unpaired) electrons. The molecule has 1 aromatic heterocycles. The van der Waals surface area contributed by atoms with Gasteiger partial charge in [0.25, 0.3) is 0 Å². The summed E-state index contributed by atoms with van der Waals surface area (Å²) in [6, 6.07) is 7.78. The molecule has 0 bridgehead atoms. The lowest BCUT2D eigenvalue weighted by atomic mass is 10.0. The summed E-state index contributed by atoms with van der Waals surface area (Å²) >= 11 is 0. The predicted molar refractivity (Wildman–Crippen MR) is 102 cm³/mol. The minimum Gasteiger partial charge on any atom is -0.462 e. The van der Waals surface area contributed by atoms with Gasteiger partial charge in [0.05, 0.1) is 29.1 Å². The van der Waals surface area contributed by atoms with E-state index in [4.69, 9.17) is 19.9 Å². The summed E-state index contributed by atoms with van der Waals surface area (Å²) in [5.74, 6) is -0.167. The van der Waals surface area contributed by atoms with Crippen LogP contribution in [0.5, 0.6) is 11.5 Å². The van der Waals surface area contributed by atoms with Gasteiger partial charge in [0.15, 0.2) is 11.5 Å². The third kappa shape index (κ3) is 3.49. The molecule has 0 saturated heterocycles. The van der Waals surface area contributed by atoms with Crippen molar-refractivity contribution in [1.82, 2.24) is 4.98 Å². The highest BCUT2D eigenvalue weighted by Crippen LogP contribution is 2.38. The first kappa shape index (κ1) is 18.5. The zero-order valence-corrected chi connectivity index (χ0v) is 15.3. The Balaban J connectivity index is 1.98. The van der Waals surface area contributed by atoms with Crippen LogP contribution in [0.2, 0.25) is 0 Å². The predicted octanol–water partition coefficient (Wildman–Crippen LogP) is 3.44. The number of rotatable bonds is 4. The summed E-state index contributed by atoms with van der Waals surface area (Å²) in [7, 11) is 0. The van der Waals surface area contributed by atoms with E-state index in [9.17, 15) is 14.0 Å². The standard InChI is InChI=1S/C20H16FN3O5/c1-2-27-19(25)13-5-10-6-16-17(29-9-28-16)8-15(10)23-18(13)12-7-11(21)3-4-14(12)24-20(22)26/h3-8H,2,9H2,1H3,(H3,22,24,26). The number of pyridine rings is 1. The number of nitrogens with one attached hydrogen (secondary N) is 1. The van der Waals surface area contributed by atoms with E-state index in [2.05, 4.69) is 10.3 Å². The molecule has 1 aliphatic heterocycles. The molecule has 0 fully saturated rings. The number of amides is 2. The molecule has 2 amide bonds. The van der Waals surface area contributed by atoms with Crippen molar-refractivity contribution < 1.29 is 28.2 Å². The zero-order valence-electron chi connectivity index (χ0n) is 15.3. The first-order valence-electron chi connectivity index (χ1n) is 8.74. The van der Waals surface area contributed by atoms with Gasteiger partial charge >= 0.3 is 12.0 Å². The molecule has 1 aliphatic rings. The van der Waals surface area contributed by atoms with Crippen molar-refractivity contribution in [2.45, 2.75) is 6.92 Å². The molecule has 0 unspecified atom stereocenters. The molecule has 0 spiro atoms. The molecule has 3 N–H and O–H groups in total. The summed E-state index contributed by atoms with van der Waals surface area (Å²) in [4.78, 5) is 28.5. The SMILES string of the molecule is CCOC(=O)c1cc2cc3c(cc2nc1-c1cc(F)ccc1NC(N)=O)OCO3. The number of ether oxygens (including phenoxy) is 3. The highest BCUT2D eigenvalue weighted by Gasteiger charge is 2.22. The van der Waals surface area contributed by atoms with Gasteiger partial charge in [-0.05, 0) is 37.3 Å². The second-order valence-electron chi connectivity index (χ2n) is 6.18. The third-order valence-electron chi connectivity index (χ3n) is 4.30. The number of hydrogen-bond acceptors (Lipinski definition) is 6. The Kier molecular flexibility index (Phi) is 4.63. The lowest BCUT2D eigenvalue weighted by Gasteiger charge is -2.14. The van der Waals surface area contributed by atoms with Crippen LogP contribution in [0.25, 0.3) is 22.2 Å². The minimum absolute atomic E-state index is 0.0832. The maximum Gasteiger partial charge on any atom is 0.340 e. The number of fused-ring (bicyclic) bond motifs is 2. The zero-order chi connectivity index (χ0) is 20.5. The van der Waals surface area contributed by atoms with Gasteiger partial charge in [-0.3, -0.25) is 0 Å². The van der Waals surface area contributed by atoms with Crippen LogP contribution in [0.4, 0.5) is 14.9 Å². The Bertz CT molecular complexity index is 1150. The van der Waals surface area contributed by atoms with Gasteiger partial charge < -0.3 is 25.3 Å². The normalized spacial score (nSPS) is 12.1. The van der Waals surface area contributed by atoms with Gasteiger partial charge in [-0.15, -0.1) is 0 Å². The Hall–Kier alpha value is -3.88. The van der Waals surface area contributed by atoms with Crippen LogP contribution < -0.4 is 20.5 Å². The Morgan fingerprint density at radius 2 is 1.97 bits per heavy atom. The molecular formula is C20H16FN3O5. The van der Waals surface area contributed by atoms with E-state index in [1.165, 1.54) is 6.07 Å². The van der Waals surface area contributed by atoms with Gasteiger partial charge in [0.1, 0.15) is 5.82 Å². The maximum absolute atomic E-state index is 14.0. The molecule has 0 aliphatic carbocycles. The summed E-state index contributed by atoms with van der Waals surface area (Å²) in [5, 5.41) is 3.04. The molecule has 2 heterocycles. The first-order chi connectivity index (χ1) is 14.0. The van der Waals surface area contributed by atoms with Crippen molar-refractivity contribution >= 4 is 28.6 Å². The van der Waals surface area contributed by atoms with E-state index in [0.29, 0.717) is 22.4 Å². The Morgan fingerprint density at radius 1 is 1.21 bits per heavy atom. The van der Waals surface area contributed by atoms with E-state index >= 15 is 0 Å². The summed E-state index contributed by atoms with van der Waals surface area (Å²) in [6.07, 6.45) is 0. The monoisotopic (exact) mass is 397 g/mol. The highest BCUT2D eigenvalue weighted by molar-refractivity contribution is 6.03. The molecule has 2 aromatic carbocycles. The highest BCUT2D eigenvalue weighted by atomic mass is 19.1. The van der Waals surface area contributed by atoms with E-state index in [0.717, 1.165) is 12.1 Å². The number of hydrogen-bond donors (Lipinski definition) is 2. The average molecular weight is 397 g/mol. The second kappa shape index (κ2) is 7.27. The van der Waals surface area contributed by atoms with Crippen molar-refractivity contribution in [1.29, 1.82) is 0 Å². The van der Waals surface area contributed by atoms with Crippen LogP contribution in [0.1, 0.15) is 17.3 Å². The summed E-state index contributed by atoms with van der Waals surface area (Å²) < 4.78 is 29.9. The summed E-state index contributed by atoms with van der Waals surface area (Å²) in [5.41, 5.74) is 6.35. The molecule has 9 heteroatoms. The number of carbonyl (C=O) groups is 2. The van der Waals surface area contributed by atoms with Crippen molar-refractivity contribution in [3.8, 4) is 22.8 Å². The lowest BCUT2D eigenvalue weighted by Crippen LogP contribution is -2.20. The topological polar surface area (TPSA) is 113 Å². The minimum atomic E-state index is -0.834. The number of aromatic nitrogens is 1. The Morgan fingerprint density at radius 3 is 2.69 bits per heavy atom. The maximum atomic E-state index is 14.0. The van der Waals surface area contributed by atoms with Crippen LogP contribution in [0.3, 0.4) is 0 Å². The fourth-order valence-electron chi connectivity index (χ4n) is 3.09. The quantitative estimate of drug-likeness (QED) is 0.652. The number of primary amides is 1. The number of anilines is 1. The van der Waals surface area contributed by atoms with E-state index < -0.39 is 17.8 Å². The number of urea groups is 1. The molecule has 0 atom stereocenters. The molecule has 3 aromatic rings. The number of esters is 1. The van der Waals surface area contributed by atoms with Gasteiger partial charge in [-0.1, -0.05) is 0 Å². The number of benzene rings is 2. The van der Waals surface area contributed by atoms with Gasteiger partial charge in [0.2, 0.25) is 6.79 Å². The third-order valence-corrected chi connectivity index (χ3v) is 4.30. The largest absolute Gasteiger partial charge is 0.462 e. The molecule has 148 valence electrons. The fourth-order valence-corrected chi connectivity index (χ4v) is 3.09. The number of nitrogens with two attached hydrogens (primary N) is 1. The van der Waals surface area contributed by atoms with Gasteiger partial charge in [-0.2, -0.15) is 0 Å². The molecule has 4 rings (SSSR count). The van der Waals surface area contributed by atoms with Crippen LogP contribution in [0, 0.1) is 5.82 Å². The molecule has 29 heavy (non-hydrogen) atoms. The van der Waals surface area contributed by atoms with Crippen molar-refractivity contribution in [3.63, 3.8) is 0 Å². The van der Waals surface area contributed by atoms with Crippen LogP contribution in [0.15, 0.2) is 36.4 Å². The molecule has 0 saturated carbocycles. The second-order valence-corrected chi connectivity index (χ2v) is 6.18. The van der Waals surface area contributed by atoms with Gasteiger partial charge in [-0.25, -0.2) is 19.0 Å². The lowest BCUT2D eigenvalue weighted by molar-refractivity contribution is 0.0527. The molecular weight excluding hydrogens is 381 g/mol. The van der Waals surface area contributed by atoms with Crippen LogP contribution >= 0.6 is 0 Å². The summed E-state index contributed by atoms with van der Waals surface area (Å²) in [6.45, 7) is 1.90. The van der Waals surface area contributed by atoms with Crippen LogP contribution in [-0.4, -0.2) is 30.4 Å². The molecule has 8 nitrogen and oxygen atoms in total. The van der Waals surface area contributed by atoms with Gasteiger partial charge in [0, 0.05) is 17.0 Å². The van der Waals surface area contributed by atoms with E-state index in [1.807, 2.05) is 0 Å². The van der Waals surface area contributed by atoms with E-state index in [-0.39, 0.29) is 35.9 Å². The Labute approximate surface area is 164 Å². The number of nitrogens with zero attached hydrogens (tertiary/aromatic N) is 1. The van der Waals surface area contributed by atoms with E-state index in [1.54, 1.807) is 25.1 Å². The van der Waals surface area contributed by atoms with Crippen LogP contribution in [-0.2, 0) is 4.74 Å². The van der Waals surface area contributed by atoms with Crippen molar-refractivity contribution in [3.05, 3.63) is 47.8 Å². The fraction of sp³-hybridized carbons (Fsp3) is 0.150. The number of halogens is 1. The first-order valence-corrected chi connectivity index (χ1v) is 8.74. The average Bonchev–Trinajstić information content (AvgIpc) is 3.13. The smallest absolute Gasteiger partial charge is 0.340 e. The van der Waals surface area contributed by atoms with Crippen molar-refractivity contribution in [2.75, 3.05) is 18.7 Å².